The monoisotopic (exact) mass is 297 g/mol. The van der Waals surface area contributed by atoms with Gasteiger partial charge in [-0.25, -0.2) is 0 Å². The van der Waals surface area contributed by atoms with Crippen LogP contribution in [0.2, 0.25) is 0 Å². The molecule has 1 aromatic carbocycles. The van der Waals surface area contributed by atoms with Gasteiger partial charge in [0.25, 0.3) is 0 Å². The molecule has 114 valence electrons. The maximum Gasteiger partial charge on any atom is 0.416 e. The highest BCUT2D eigenvalue weighted by atomic mass is 19.4. The SMILES string of the molecule is CCC(C)NCc1ccc(-c2cccc(C(F)(F)F)c2)o1. The quantitative estimate of drug-likeness (QED) is 0.853. The normalized spacial score (nSPS) is 13.4. The summed E-state index contributed by atoms with van der Waals surface area (Å²) < 4.78 is 43.7. The minimum absolute atomic E-state index is 0.368. The zero-order valence-corrected chi connectivity index (χ0v) is 12.0. The van der Waals surface area contributed by atoms with Crippen LogP contribution in [-0.2, 0) is 12.7 Å². The molecular formula is C16H18F3NO. The van der Waals surface area contributed by atoms with E-state index in [9.17, 15) is 13.2 Å². The highest BCUT2D eigenvalue weighted by Crippen LogP contribution is 2.32. The van der Waals surface area contributed by atoms with Crippen LogP contribution in [0.1, 0.15) is 31.6 Å². The Hall–Kier alpha value is -1.75. The summed E-state index contributed by atoms with van der Waals surface area (Å²) in [6.07, 6.45) is -3.34. The summed E-state index contributed by atoms with van der Waals surface area (Å²) in [6.45, 7) is 4.71. The maximum atomic E-state index is 12.7. The molecule has 0 bridgehead atoms. The Balaban J connectivity index is 2.14. The van der Waals surface area contributed by atoms with E-state index in [0.29, 0.717) is 29.7 Å². The molecule has 5 heteroatoms. The molecule has 0 saturated heterocycles. The van der Waals surface area contributed by atoms with Gasteiger partial charge in [0, 0.05) is 11.6 Å². The Morgan fingerprint density at radius 2 is 1.95 bits per heavy atom. The lowest BCUT2D eigenvalue weighted by atomic mass is 10.1. The zero-order valence-electron chi connectivity index (χ0n) is 12.0. The summed E-state index contributed by atoms with van der Waals surface area (Å²) in [4.78, 5) is 0. The fourth-order valence-corrected chi connectivity index (χ4v) is 1.90. The van der Waals surface area contributed by atoms with Gasteiger partial charge in [-0.2, -0.15) is 13.2 Å². The summed E-state index contributed by atoms with van der Waals surface area (Å²) in [5.74, 6) is 1.16. The molecule has 0 aliphatic rings. The van der Waals surface area contributed by atoms with E-state index in [1.165, 1.54) is 6.07 Å². The average Bonchev–Trinajstić information content (AvgIpc) is 2.93. The summed E-state index contributed by atoms with van der Waals surface area (Å²) in [5, 5.41) is 3.28. The maximum absolute atomic E-state index is 12.7. The second kappa shape index (κ2) is 6.35. The number of hydrogen-bond donors (Lipinski definition) is 1. The van der Waals surface area contributed by atoms with E-state index >= 15 is 0 Å². The van der Waals surface area contributed by atoms with Crippen LogP contribution in [0.15, 0.2) is 40.8 Å². The van der Waals surface area contributed by atoms with Crippen molar-refractivity contribution in [3.63, 3.8) is 0 Å². The molecule has 2 nitrogen and oxygen atoms in total. The van der Waals surface area contributed by atoms with Gasteiger partial charge in [-0.1, -0.05) is 19.1 Å². The molecule has 1 unspecified atom stereocenters. The van der Waals surface area contributed by atoms with Gasteiger partial charge in [-0.05, 0) is 37.6 Å². The number of hydrogen-bond acceptors (Lipinski definition) is 2. The molecule has 1 aromatic heterocycles. The Bertz CT molecular complexity index is 589. The Kier molecular flexibility index (Phi) is 4.73. The Labute approximate surface area is 122 Å². The standard InChI is InChI=1S/C16H18F3NO/c1-3-11(2)20-10-14-7-8-15(21-14)12-5-4-6-13(9-12)16(17,18)19/h4-9,11,20H,3,10H2,1-2H3. The van der Waals surface area contributed by atoms with E-state index < -0.39 is 11.7 Å². The Morgan fingerprint density at radius 1 is 1.19 bits per heavy atom. The van der Waals surface area contributed by atoms with Crippen LogP contribution in [0, 0.1) is 0 Å². The van der Waals surface area contributed by atoms with Crippen LogP contribution in [0.4, 0.5) is 13.2 Å². The topological polar surface area (TPSA) is 25.2 Å². The second-order valence-corrected chi connectivity index (χ2v) is 5.03. The van der Waals surface area contributed by atoms with Gasteiger partial charge in [0.1, 0.15) is 11.5 Å². The van der Waals surface area contributed by atoms with Gasteiger partial charge in [-0.15, -0.1) is 0 Å². The minimum atomic E-state index is -4.34. The van der Waals surface area contributed by atoms with Crippen molar-refractivity contribution in [2.45, 2.75) is 39.0 Å². The lowest BCUT2D eigenvalue weighted by Gasteiger charge is -2.09. The predicted octanol–water partition coefficient (Wildman–Crippen LogP) is 4.85. The summed E-state index contributed by atoms with van der Waals surface area (Å²) in [5.41, 5.74) is -0.240. The molecule has 0 saturated carbocycles. The Morgan fingerprint density at radius 3 is 2.62 bits per heavy atom. The first-order chi connectivity index (χ1) is 9.90. The lowest BCUT2D eigenvalue weighted by molar-refractivity contribution is -0.137. The molecular weight excluding hydrogens is 279 g/mol. The lowest BCUT2D eigenvalue weighted by Crippen LogP contribution is -2.24. The van der Waals surface area contributed by atoms with Crippen molar-refractivity contribution >= 4 is 0 Å². The van der Waals surface area contributed by atoms with Crippen molar-refractivity contribution in [3.8, 4) is 11.3 Å². The molecule has 0 fully saturated rings. The molecule has 0 spiro atoms. The zero-order chi connectivity index (χ0) is 15.5. The van der Waals surface area contributed by atoms with E-state index in [1.54, 1.807) is 18.2 Å². The first-order valence-electron chi connectivity index (χ1n) is 6.90. The van der Waals surface area contributed by atoms with Crippen molar-refractivity contribution in [2.75, 3.05) is 0 Å². The van der Waals surface area contributed by atoms with Crippen LogP contribution >= 0.6 is 0 Å². The summed E-state index contributed by atoms with van der Waals surface area (Å²) in [6, 6.07) is 9.00. The van der Waals surface area contributed by atoms with E-state index in [0.717, 1.165) is 18.6 Å². The minimum Gasteiger partial charge on any atom is -0.460 e. The summed E-state index contributed by atoms with van der Waals surface area (Å²) >= 11 is 0. The third-order valence-corrected chi connectivity index (χ3v) is 3.37. The van der Waals surface area contributed by atoms with Crippen molar-refractivity contribution in [2.24, 2.45) is 0 Å². The molecule has 0 amide bonds. The molecule has 1 atom stereocenters. The third kappa shape index (κ3) is 4.11. The highest BCUT2D eigenvalue weighted by Gasteiger charge is 2.30. The van der Waals surface area contributed by atoms with Crippen LogP contribution in [0.25, 0.3) is 11.3 Å². The molecule has 1 N–H and O–H groups in total. The summed E-state index contributed by atoms with van der Waals surface area (Å²) in [7, 11) is 0. The van der Waals surface area contributed by atoms with Crippen LogP contribution in [-0.4, -0.2) is 6.04 Å². The smallest absolute Gasteiger partial charge is 0.416 e. The van der Waals surface area contributed by atoms with Crippen molar-refractivity contribution in [3.05, 3.63) is 47.7 Å². The van der Waals surface area contributed by atoms with Crippen molar-refractivity contribution < 1.29 is 17.6 Å². The third-order valence-electron chi connectivity index (χ3n) is 3.37. The van der Waals surface area contributed by atoms with E-state index in [-0.39, 0.29) is 0 Å². The number of alkyl halides is 3. The van der Waals surface area contributed by atoms with Gasteiger partial charge in [0.2, 0.25) is 0 Å². The molecule has 1 heterocycles. The molecule has 0 radical (unpaired) electrons. The largest absolute Gasteiger partial charge is 0.460 e. The van der Waals surface area contributed by atoms with E-state index in [1.807, 2.05) is 0 Å². The number of rotatable bonds is 5. The highest BCUT2D eigenvalue weighted by molar-refractivity contribution is 5.58. The molecule has 2 aromatic rings. The first-order valence-corrected chi connectivity index (χ1v) is 6.90. The average molecular weight is 297 g/mol. The van der Waals surface area contributed by atoms with E-state index in [4.69, 9.17) is 4.42 Å². The van der Waals surface area contributed by atoms with Crippen molar-refractivity contribution in [1.29, 1.82) is 0 Å². The molecule has 21 heavy (non-hydrogen) atoms. The molecule has 0 aliphatic heterocycles. The number of halogens is 3. The van der Waals surface area contributed by atoms with Crippen LogP contribution < -0.4 is 5.32 Å². The van der Waals surface area contributed by atoms with Gasteiger partial charge < -0.3 is 9.73 Å². The van der Waals surface area contributed by atoms with Gasteiger partial charge in [0.15, 0.2) is 0 Å². The van der Waals surface area contributed by atoms with Crippen LogP contribution in [0.3, 0.4) is 0 Å². The number of nitrogens with one attached hydrogen (secondary N) is 1. The predicted molar refractivity (Wildman–Crippen MR) is 75.7 cm³/mol. The fraction of sp³-hybridized carbons (Fsp3) is 0.375. The van der Waals surface area contributed by atoms with Crippen LogP contribution in [0.5, 0.6) is 0 Å². The number of furan rings is 1. The fourth-order valence-electron chi connectivity index (χ4n) is 1.90. The van der Waals surface area contributed by atoms with Crippen molar-refractivity contribution in [1.82, 2.24) is 5.32 Å². The molecule has 0 aliphatic carbocycles. The van der Waals surface area contributed by atoms with Gasteiger partial charge >= 0.3 is 6.18 Å². The molecule has 2 rings (SSSR count). The van der Waals surface area contributed by atoms with Gasteiger partial charge in [-0.3, -0.25) is 0 Å². The second-order valence-electron chi connectivity index (χ2n) is 5.03. The first kappa shape index (κ1) is 15.6. The number of benzene rings is 1. The van der Waals surface area contributed by atoms with Gasteiger partial charge in [0.05, 0.1) is 12.1 Å². The van der Waals surface area contributed by atoms with E-state index in [2.05, 4.69) is 19.2 Å².